The number of halogens is 2. The van der Waals surface area contributed by atoms with Crippen LogP contribution in [0.4, 0.5) is 0 Å². The fraction of sp³-hybridized carbons (Fsp3) is 0.353. The summed E-state index contributed by atoms with van der Waals surface area (Å²) in [7, 11) is 0. The van der Waals surface area contributed by atoms with Crippen LogP contribution in [0.25, 0.3) is 0 Å². The van der Waals surface area contributed by atoms with Gasteiger partial charge in [0.25, 0.3) is 0 Å². The Hall–Kier alpha value is -1.25. The smallest absolute Gasteiger partial charge is 0.130 e. The third-order valence-electron chi connectivity index (χ3n) is 3.32. The highest BCUT2D eigenvalue weighted by molar-refractivity contribution is 6.34. The highest BCUT2D eigenvalue weighted by Crippen LogP contribution is 2.28. The first-order valence-corrected chi connectivity index (χ1v) is 7.57. The maximum Gasteiger partial charge on any atom is 0.130 e. The second kappa shape index (κ2) is 6.25. The summed E-state index contributed by atoms with van der Waals surface area (Å²) in [6, 6.07) is 7.89. The number of aryl methyl sites for hydroxylation is 1. The standard InChI is InChI=1S/C17H19Cl2NO/c1-11-7-13(17(2,3)4)5-6-15(11)21-10-12-9-20-16(19)8-14(12)18/h5-9H,10H2,1-4H3. The molecule has 0 spiro atoms. The van der Waals surface area contributed by atoms with Crippen LogP contribution in [0.3, 0.4) is 0 Å². The molecule has 2 aromatic rings. The van der Waals surface area contributed by atoms with Gasteiger partial charge in [-0.3, -0.25) is 0 Å². The Morgan fingerprint density at radius 3 is 2.43 bits per heavy atom. The number of aromatic nitrogens is 1. The lowest BCUT2D eigenvalue weighted by atomic mass is 9.86. The van der Waals surface area contributed by atoms with E-state index in [0.717, 1.165) is 16.9 Å². The molecule has 1 aromatic heterocycles. The van der Waals surface area contributed by atoms with Gasteiger partial charge in [0.05, 0.1) is 5.02 Å². The molecule has 21 heavy (non-hydrogen) atoms. The number of ether oxygens (including phenoxy) is 1. The highest BCUT2D eigenvalue weighted by atomic mass is 35.5. The molecule has 0 radical (unpaired) electrons. The molecule has 0 fully saturated rings. The van der Waals surface area contributed by atoms with Crippen LogP contribution in [-0.4, -0.2) is 4.98 Å². The van der Waals surface area contributed by atoms with Crippen molar-refractivity contribution in [2.75, 3.05) is 0 Å². The number of rotatable bonds is 3. The van der Waals surface area contributed by atoms with E-state index in [4.69, 9.17) is 27.9 Å². The minimum Gasteiger partial charge on any atom is -0.489 e. The molecule has 0 saturated heterocycles. The Morgan fingerprint density at radius 1 is 1.14 bits per heavy atom. The summed E-state index contributed by atoms with van der Waals surface area (Å²) in [6.45, 7) is 9.01. The number of nitrogens with zero attached hydrogens (tertiary/aromatic N) is 1. The van der Waals surface area contributed by atoms with E-state index in [1.807, 2.05) is 13.0 Å². The third-order valence-corrected chi connectivity index (χ3v) is 3.88. The summed E-state index contributed by atoms with van der Waals surface area (Å²) < 4.78 is 5.84. The molecular weight excluding hydrogens is 305 g/mol. The summed E-state index contributed by atoms with van der Waals surface area (Å²) in [6.07, 6.45) is 1.64. The number of hydrogen-bond acceptors (Lipinski definition) is 2. The predicted octanol–water partition coefficient (Wildman–Crippen LogP) is 5.57. The molecule has 1 aromatic carbocycles. The van der Waals surface area contributed by atoms with Gasteiger partial charge in [-0.1, -0.05) is 56.1 Å². The number of hydrogen-bond donors (Lipinski definition) is 0. The van der Waals surface area contributed by atoms with Crippen LogP contribution >= 0.6 is 23.2 Å². The van der Waals surface area contributed by atoms with Crippen LogP contribution in [0, 0.1) is 6.92 Å². The van der Waals surface area contributed by atoms with Gasteiger partial charge in [0, 0.05) is 11.8 Å². The molecule has 1 heterocycles. The molecule has 0 saturated carbocycles. The number of benzene rings is 1. The van der Waals surface area contributed by atoms with Crippen molar-refractivity contribution in [2.24, 2.45) is 0 Å². The van der Waals surface area contributed by atoms with E-state index in [0.29, 0.717) is 16.8 Å². The molecule has 2 rings (SSSR count). The molecule has 0 amide bonds. The molecule has 0 aliphatic carbocycles. The van der Waals surface area contributed by atoms with Gasteiger partial charge >= 0.3 is 0 Å². The van der Waals surface area contributed by atoms with Gasteiger partial charge in [-0.05, 0) is 35.6 Å². The summed E-state index contributed by atoms with van der Waals surface area (Å²) in [4.78, 5) is 4.02. The first kappa shape index (κ1) is 16.1. The minimum absolute atomic E-state index is 0.132. The van der Waals surface area contributed by atoms with Crippen molar-refractivity contribution < 1.29 is 4.74 Å². The highest BCUT2D eigenvalue weighted by Gasteiger charge is 2.15. The lowest BCUT2D eigenvalue weighted by Gasteiger charge is -2.20. The quantitative estimate of drug-likeness (QED) is 0.688. The van der Waals surface area contributed by atoms with E-state index < -0.39 is 0 Å². The van der Waals surface area contributed by atoms with Crippen molar-refractivity contribution in [1.29, 1.82) is 0 Å². The molecule has 0 aliphatic heterocycles. The van der Waals surface area contributed by atoms with E-state index in [1.165, 1.54) is 5.56 Å². The van der Waals surface area contributed by atoms with Crippen molar-refractivity contribution in [1.82, 2.24) is 4.98 Å². The SMILES string of the molecule is Cc1cc(C(C)(C)C)ccc1OCc1cnc(Cl)cc1Cl. The van der Waals surface area contributed by atoms with Gasteiger partial charge in [-0.2, -0.15) is 0 Å². The van der Waals surface area contributed by atoms with Gasteiger partial charge in [0.2, 0.25) is 0 Å². The Bertz CT molecular complexity index is 648. The molecule has 112 valence electrons. The van der Waals surface area contributed by atoms with Crippen molar-refractivity contribution in [3.63, 3.8) is 0 Å². The monoisotopic (exact) mass is 323 g/mol. The molecule has 0 N–H and O–H groups in total. The van der Waals surface area contributed by atoms with E-state index in [1.54, 1.807) is 12.3 Å². The molecule has 0 unspecified atom stereocenters. The molecule has 0 atom stereocenters. The Kier molecular flexibility index (Phi) is 4.80. The number of pyridine rings is 1. The maximum absolute atomic E-state index is 6.12. The van der Waals surface area contributed by atoms with Crippen molar-refractivity contribution >= 4 is 23.2 Å². The second-order valence-corrected chi connectivity index (χ2v) is 6.91. The summed E-state index contributed by atoms with van der Waals surface area (Å²) in [5, 5.41) is 0.952. The van der Waals surface area contributed by atoms with E-state index in [-0.39, 0.29) is 5.41 Å². The van der Waals surface area contributed by atoms with Crippen LogP contribution in [0.5, 0.6) is 5.75 Å². The fourth-order valence-electron chi connectivity index (χ4n) is 1.98. The topological polar surface area (TPSA) is 22.1 Å². The second-order valence-electron chi connectivity index (χ2n) is 6.12. The van der Waals surface area contributed by atoms with Gasteiger partial charge in [-0.25, -0.2) is 4.98 Å². The molecule has 0 aliphatic rings. The van der Waals surface area contributed by atoms with E-state index >= 15 is 0 Å². The van der Waals surface area contributed by atoms with Crippen molar-refractivity contribution in [3.8, 4) is 5.75 Å². The van der Waals surface area contributed by atoms with Crippen molar-refractivity contribution in [3.05, 3.63) is 57.3 Å². The van der Waals surface area contributed by atoms with Crippen molar-refractivity contribution in [2.45, 2.75) is 39.7 Å². The molecule has 0 bridgehead atoms. The largest absolute Gasteiger partial charge is 0.489 e. The van der Waals surface area contributed by atoms with Crippen LogP contribution in [0.2, 0.25) is 10.2 Å². The normalized spacial score (nSPS) is 11.5. The lowest BCUT2D eigenvalue weighted by Crippen LogP contribution is -2.11. The first-order chi connectivity index (χ1) is 9.77. The third kappa shape index (κ3) is 4.12. The van der Waals surface area contributed by atoms with Gasteiger partial charge in [0.15, 0.2) is 0 Å². The summed E-state index contributed by atoms with van der Waals surface area (Å²) in [5.41, 5.74) is 3.35. The Morgan fingerprint density at radius 2 is 1.86 bits per heavy atom. The zero-order valence-electron chi connectivity index (χ0n) is 12.7. The van der Waals surface area contributed by atoms with Gasteiger partial charge in [-0.15, -0.1) is 0 Å². The van der Waals surface area contributed by atoms with Gasteiger partial charge in [0.1, 0.15) is 17.5 Å². The van der Waals surface area contributed by atoms with Crippen LogP contribution in [0.1, 0.15) is 37.5 Å². The van der Waals surface area contributed by atoms with E-state index in [9.17, 15) is 0 Å². The predicted molar refractivity (Wildman–Crippen MR) is 88.5 cm³/mol. The molecule has 2 nitrogen and oxygen atoms in total. The van der Waals surface area contributed by atoms with Crippen LogP contribution in [-0.2, 0) is 12.0 Å². The molecular formula is C17H19Cl2NO. The molecule has 4 heteroatoms. The zero-order valence-corrected chi connectivity index (χ0v) is 14.2. The average molecular weight is 324 g/mol. The summed E-state index contributed by atoms with van der Waals surface area (Å²) in [5.74, 6) is 0.856. The first-order valence-electron chi connectivity index (χ1n) is 6.81. The Labute approximate surface area is 136 Å². The summed E-state index contributed by atoms with van der Waals surface area (Å²) >= 11 is 11.9. The minimum atomic E-state index is 0.132. The van der Waals surface area contributed by atoms with Crippen LogP contribution in [0.15, 0.2) is 30.5 Å². The lowest BCUT2D eigenvalue weighted by molar-refractivity contribution is 0.303. The van der Waals surface area contributed by atoms with Gasteiger partial charge < -0.3 is 4.74 Å². The maximum atomic E-state index is 6.12. The Balaban J connectivity index is 2.13. The van der Waals surface area contributed by atoms with Crippen LogP contribution < -0.4 is 4.74 Å². The fourth-order valence-corrected chi connectivity index (χ4v) is 2.40. The zero-order chi connectivity index (χ0) is 15.6. The average Bonchev–Trinajstić information content (AvgIpc) is 2.38. The van der Waals surface area contributed by atoms with E-state index in [2.05, 4.69) is 37.9 Å².